The van der Waals surface area contributed by atoms with Crippen molar-refractivity contribution in [1.82, 2.24) is 0 Å². The number of phenols is 1. The molecule has 0 bridgehead atoms. The molecule has 0 heterocycles. The highest BCUT2D eigenvalue weighted by Gasteiger charge is 2.22. The molecule has 1 fully saturated rings. The third-order valence-electron chi connectivity index (χ3n) is 2.09. The predicted octanol–water partition coefficient (Wildman–Crippen LogP) is 2.32. The van der Waals surface area contributed by atoms with E-state index in [0.29, 0.717) is 12.5 Å². The molecule has 1 aromatic carbocycles. The highest BCUT2D eigenvalue weighted by atomic mass is 19.1. The number of rotatable bonds is 3. The molecule has 2 rings (SSSR count). The lowest BCUT2D eigenvalue weighted by atomic mass is 10.3. The summed E-state index contributed by atoms with van der Waals surface area (Å²) >= 11 is 0. The number of halogens is 1. The normalized spacial score (nSPS) is 15.8. The summed E-state index contributed by atoms with van der Waals surface area (Å²) in [5.74, 6) is 0.459. The van der Waals surface area contributed by atoms with Gasteiger partial charge in [0.15, 0.2) is 11.5 Å². The fraction of sp³-hybridized carbons (Fsp3) is 0.400. The van der Waals surface area contributed by atoms with Crippen LogP contribution in [0, 0.1) is 11.7 Å². The Bertz CT molecular complexity index is 308. The maximum atomic E-state index is 12.7. The van der Waals surface area contributed by atoms with E-state index in [-0.39, 0.29) is 17.3 Å². The van der Waals surface area contributed by atoms with Crippen LogP contribution >= 0.6 is 0 Å². The van der Waals surface area contributed by atoms with Crippen LogP contribution in [-0.2, 0) is 0 Å². The Kier molecular flexibility index (Phi) is 2.08. The number of aromatic hydroxyl groups is 1. The van der Waals surface area contributed by atoms with Gasteiger partial charge in [0.25, 0.3) is 0 Å². The smallest absolute Gasteiger partial charge is 0.163 e. The molecule has 0 aromatic heterocycles. The van der Waals surface area contributed by atoms with Gasteiger partial charge in [-0.2, -0.15) is 0 Å². The van der Waals surface area contributed by atoms with Gasteiger partial charge in [-0.05, 0) is 30.9 Å². The Hall–Kier alpha value is -1.25. The summed E-state index contributed by atoms with van der Waals surface area (Å²) in [7, 11) is 0. The molecular weight excluding hydrogens is 171 g/mol. The second-order valence-electron chi connectivity index (χ2n) is 3.37. The van der Waals surface area contributed by atoms with Crippen LogP contribution < -0.4 is 4.74 Å². The molecule has 0 unspecified atom stereocenters. The van der Waals surface area contributed by atoms with Gasteiger partial charge in [0, 0.05) is 6.07 Å². The first kappa shape index (κ1) is 8.35. The van der Waals surface area contributed by atoms with E-state index >= 15 is 0 Å². The van der Waals surface area contributed by atoms with Crippen LogP contribution in [0.5, 0.6) is 11.5 Å². The quantitative estimate of drug-likeness (QED) is 0.777. The zero-order chi connectivity index (χ0) is 9.26. The van der Waals surface area contributed by atoms with E-state index in [4.69, 9.17) is 4.74 Å². The van der Waals surface area contributed by atoms with Crippen molar-refractivity contribution in [3.05, 3.63) is 24.0 Å². The third-order valence-corrected chi connectivity index (χ3v) is 2.09. The van der Waals surface area contributed by atoms with E-state index in [0.717, 1.165) is 0 Å². The van der Waals surface area contributed by atoms with Gasteiger partial charge in [0.2, 0.25) is 0 Å². The molecule has 0 aliphatic heterocycles. The summed E-state index contributed by atoms with van der Waals surface area (Å²) in [6.07, 6.45) is 2.35. The monoisotopic (exact) mass is 182 g/mol. The lowest BCUT2D eigenvalue weighted by molar-refractivity contribution is 0.283. The summed E-state index contributed by atoms with van der Waals surface area (Å²) in [6.45, 7) is 0.580. The first-order chi connectivity index (χ1) is 6.25. The Balaban J connectivity index is 2.03. The average Bonchev–Trinajstić information content (AvgIpc) is 2.90. The van der Waals surface area contributed by atoms with E-state index in [1.807, 2.05) is 0 Å². The van der Waals surface area contributed by atoms with Crippen molar-refractivity contribution in [1.29, 1.82) is 0 Å². The summed E-state index contributed by atoms with van der Waals surface area (Å²) < 4.78 is 17.9. The number of hydrogen-bond donors (Lipinski definition) is 1. The number of phenolic OH excluding ortho intramolecular Hbond substituents is 1. The molecule has 3 heteroatoms. The van der Waals surface area contributed by atoms with Gasteiger partial charge in [-0.25, -0.2) is 4.39 Å². The van der Waals surface area contributed by atoms with Gasteiger partial charge in [0.05, 0.1) is 6.61 Å². The Labute approximate surface area is 76.0 Å². The van der Waals surface area contributed by atoms with Gasteiger partial charge >= 0.3 is 0 Å². The van der Waals surface area contributed by atoms with Crippen LogP contribution in [0.25, 0.3) is 0 Å². The SMILES string of the molecule is Oc1ccc(F)cc1OCC1CC1. The van der Waals surface area contributed by atoms with Crippen molar-refractivity contribution in [2.75, 3.05) is 6.61 Å². The second kappa shape index (κ2) is 3.24. The van der Waals surface area contributed by atoms with Gasteiger partial charge in [-0.1, -0.05) is 0 Å². The molecule has 0 saturated heterocycles. The van der Waals surface area contributed by atoms with Crippen LogP contribution in [0.2, 0.25) is 0 Å². The van der Waals surface area contributed by atoms with Crippen molar-refractivity contribution >= 4 is 0 Å². The van der Waals surface area contributed by atoms with E-state index < -0.39 is 0 Å². The standard InChI is InChI=1S/C10H11FO2/c11-8-3-4-9(12)10(5-8)13-6-7-1-2-7/h3-5,7,12H,1-2,6H2. The molecule has 1 saturated carbocycles. The van der Waals surface area contributed by atoms with Crippen molar-refractivity contribution < 1.29 is 14.2 Å². The van der Waals surface area contributed by atoms with Crippen LogP contribution in [0.3, 0.4) is 0 Å². The molecule has 1 aliphatic rings. The summed E-state index contributed by atoms with van der Waals surface area (Å²) in [5.41, 5.74) is 0. The Morgan fingerprint density at radius 2 is 2.23 bits per heavy atom. The second-order valence-corrected chi connectivity index (χ2v) is 3.37. The maximum absolute atomic E-state index is 12.7. The Morgan fingerprint density at radius 1 is 1.46 bits per heavy atom. The number of ether oxygens (including phenoxy) is 1. The van der Waals surface area contributed by atoms with Crippen LogP contribution in [0.15, 0.2) is 18.2 Å². The average molecular weight is 182 g/mol. The molecule has 1 N–H and O–H groups in total. The maximum Gasteiger partial charge on any atom is 0.163 e. The molecule has 70 valence electrons. The zero-order valence-corrected chi connectivity index (χ0v) is 7.16. The summed E-state index contributed by atoms with van der Waals surface area (Å²) in [6, 6.07) is 3.72. The minimum absolute atomic E-state index is 0.00190. The van der Waals surface area contributed by atoms with Crippen LogP contribution in [0.1, 0.15) is 12.8 Å². The molecule has 0 spiro atoms. The molecule has 1 aromatic rings. The van der Waals surface area contributed by atoms with Crippen LogP contribution in [-0.4, -0.2) is 11.7 Å². The minimum Gasteiger partial charge on any atom is -0.504 e. The fourth-order valence-electron chi connectivity index (χ4n) is 1.10. The minimum atomic E-state index is -0.386. The zero-order valence-electron chi connectivity index (χ0n) is 7.16. The third kappa shape index (κ3) is 2.11. The largest absolute Gasteiger partial charge is 0.504 e. The molecule has 0 atom stereocenters. The van der Waals surface area contributed by atoms with Crippen molar-refractivity contribution in [3.8, 4) is 11.5 Å². The van der Waals surface area contributed by atoms with E-state index in [1.165, 1.54) is 31.0 Å². The number of hydrogen-bond acceptors (Lipinski definition) is 2. The molecule has 0 radical (unpaired) electrons. The van der Waals surface area contributed by atoms with Crippen molar-refractivity contribution in [2.45, 2.75) is 12.8 Å². The predicted molar refractivity (Wildman–Crippen MR) is 46.3 cm³/mol. The molecule has 1 aliphatic carbocycles. The topological polar surface area (TPSA) is 29.5 Å². The molecular formula is C10H11FO2. The van der Waals surface area contributed by atoms with Gasteiger partial charge in [-0.3, -0.25) is 0 Å². The van der Waals surface area contributed by atoms with Crippen LogP contribution in [0.4, 0.5) is 4.39 Å². The highest BCUT2D eigenvalue weighted by molar-refractivity contribution is 5.38. The fourth-order valence-corrected chi connectivity index (χ4v) is 1.10. The lowest BCUT2D eigenvalue weighted by Crippen LogP contribution is -1.99. The van der Waals surface area contributed by atoms with Crippen molar-refractivity contribution in [2.24, 2.45) is 5.92 Å². The van der Waals surface area contributed by atoms with Gasteiger partial charge in [-0.15, -0.1) is 0 Å². The number of benzene rings is 1. The molecule has 0 amide bonds. The lowest BCUT2D eigenvalue weighted by Gasteiger charge is -2.06. The van der Waals surface area contributed by atoms with E-state index in [2.05, 4.69) is 0 Å². The van der Waals surface area contributed by atoms with Crippen molar-refractivity contribution in [3.63, 3.8) is 0 Å². The molecule has 2 nitrogen and oxygen atoms in total. The Morgan fingerprint density at radius 3 is 2.92 bits per heavy atom. The summed E-state index contributed by atoms with van der Waals surface area (Å²) in [5, 5.41) is 9.28. The van der Waals surface area contributed by atoms with Gasteiger partial charge in [0.1, 0.15) is 5.82 Å². The highest BCUT2D eigenvalue weighted by Crippen LogP contribution is 2.32. The first-order valence-corrected chi connectivity index (χ1v) is 4.37. The summed E-state index contributed by atoms with van der Waals surface area (Å²) in [4.78, 5) is 0. The first-order valence-electron chi connectivity index (χ1n) is 4.37. The van der Waals surface area contributed by atoms with E-state index in [9.17, 15) is 9.50 Å². The van der Waals surface area contributed by atoms with Gasteiger partial charge < -0.3 is 9.84 Å². The van der Waals surface area contributed by atoms with E-state index in [1.54, 1.807) is 0 Å². The molecule has 13 heavy (non-hydrogen) atoms.